The minimum atomic E-state index is -5.17. The lowest BCUT2D eigenvalue weighted by Crippen LogP contribution is -2.61. The number of hydrogen-bond acceptors (Lipinski definition) is 29. The SMILES string of the molecule is N[C@@H](Cc1ccc(OS(=O)(=O)O)cc1)C(=O)N[C@@H](Cc1ccc(OS(=O)(=O)O)cc1)C(=O)N[C@@H](Cc1ccc(OS(=O)(=O)O)cc1)C(=O)N[C@@H](Cc1ccc(OS(=O)(=O)O)cc1)C(=O)N[C@@H](Cc1ccc(OS(=O)(=O)O)cc1)C(=O)N[C@@H](Cc1ccc(OS(=O)(=O)O)cc1)C(=O)N[C@@H](Cc1ccc(OS(=O)(=O)O)cc1)C(=O)O. The third kappa shape index (κ3) is 32.5. The number of carboxylic acids is 1. The Balaban J connectivity index is 1.30. The second kappa shape index (κ2) is 37.9. The predicted octanol–water partition coefficient (Wildman–Crippen LogP) is -0.723. The number of carbonyl (C=O) groups is 7. The smallest absolute Gasteiger partial charge is 0.446 e. The minimum absolute atomic E-state index is 0.0107. The van der Waals surface area contributed by atoms with Gasteiger partial charge in [-0.15, -0.1) is 0 Å². The Labute approximate surface area is 643 Å². The summed E-state index contributed by atoms with van der Waals surface area (Å²) < 4.78 is 258. The van der Waals surface area contributed by atoms with Crippen molar-refractivity contribution < 1.29 is 159 Å². The average Bonchev–Trinajstić information content (AvgIpc) is 0.835. The van der Waals surface area contributed by atoms with E-state index in [0.29, 0.717) is 0 Å². The molecule has 0 bridgehead atoms. The lowest BCUT2D eigenvalue weighted by Gasteiger charge is -2.28. The van der Waals surface area contributed by atoms with Crippen LogP contribution in [0.2, 0.25) is 0 Å². The molecule has 0 spiro atoms. The predicted molar refractivity (Wildman–Crippen MR) is 383 cm³/mol. The van der Waals surface area contributed by atoms with Gasteiger partial charge < -0.3 is 72.0 Å². The molecule has 0 unspecified atom stereocenters. The van der Waals surface area contributed by atoms with Crippen LogP contribution in [0.25, 0.3) is 0 Å². The molecule has 0 fully saturated rings. The summed E-state index contributed by atoms with van der Waals surface area (Å²) in [6.45, 7) is 0. The van der Waals surface area contributed by atoms with Gasteiger partial charge in [0.2, 0.25) is 35.4 Å². The first-order valence-corrected chi connectivity index (χ1v) is 41.1. The normalized spacial score (nSPS) is 13.9. The highest BCUT2D eigenvalue weighted by Gasteiger charge is 2.36. The summed E-state index contributed by atoms with van der Waals surface area (Å²) >= 11 is 0. The Morgan fingerprint density at radius 3 is 0.522 bits per heavy atom. The van der Waals surface area contributed by atoms with Crippen molar-refractivity contribution in [3.63, 3.8) is 0 Å². The van der Waals surface area contributed by atoms with Crippen molar-refractivity contribution in [2.75, 3.05) is 0 Å². The molecular weight excluding hydrogens is 1660 g/mol. The topological polar surface area (TPSA) is 683 Å². The van der Waals surface area contributed by atoms with E-state index >= 15 is 19.2 Å². The summed E-state index contributed by atoms with van der Waals surface area (Å²) in [5.74, 6) is -12.7. The molecule has 6 amide bonds. The van der Waals surface area contributed by atoms with E-state index in [1.54, 1.807) is 0 Å². The van der Waals surface area contributed by atoms with E-state index in [0.717, 1.165) is 146 Å². The third-order valence-corrected chi connectivity index (χ3v) is 17.9. The quantitative estimate of drug-likeness (QED) is 0.0210. The number of carboxylic acid groups (broad SMARTS) is 1. The Kier molecular flexibility index (Phi) is 29.8. The van der Waals surface area contributed by atoms with Crippen LogP contribution in [0.4, 0.5) is 0 Å². The molecule has 0 aliphatic rings. The van der Waals surface area contributed by atoms with Crippen LogP contribution in [0.5, 0.6) is 40.2 Å². The van der Waals surface area contributed by atoms with Crippen molar-refractivity contribution in [3.8, 4) is 40.2 Å². The van der Waals surface area contributed by atoms with Crippen molar-refractivity contribution >= 4 is 114 Å². The van der Waals surface area contributed by atoms with Crippen molar-refractivity contribution in [2.45, 2.75) is 87.2 Å². The summed E-state index contributed by atoms with van der Waals surface area (Å²) in [6.07, 6.45) is -4.33. The summed E-state index contributed by atoms with van der Waals surface area (Å²) in [5.41, 5.74) is 6.75. The lowest BCUT2D eigenvalue weighted by atomic mass is 9.99. The van der Waals surface area contributed by atoms with Gasteiger partial charge >= 0.3 is 78.8 Å². The zero-order valence-corrected chi connectivity index (χ0v) is 62.8. The van der Waals surface area contributed by atoms with Gasteiger partial charge in [0.1, 0.15) is 76.5 Å². The second-order valence-corrected chi connectivity index (χ2v) is 31.0. The van der Waals surface area contributed by atoms with E-state index in [1.807, 2.05) is 0 Å². The molecule has 0 radical (unpaired) electrons. The van der Waals surface area contributed by atoms with Crippen molar-refractivity contribution in [2.24, 2.45) is 5.73 Å². The Morgan fingerprint density at radius 2 is 0.372 bits per heavy atom. The van der Waals surface area contributed by atoms with Gasteiger partial charge in [-0.1, -0.05) is 84.9 Å². The Morgan fingerprint density at radius 1 is 0.239 bits per heavy atom. The average molecular weight is 1720 g/mol. The van der Waals surface area contributed by atoms with Gasteiger partial charge in [-0.05, 0) is 130 Å². The number of carbonyl (C=O) groups excluding carboxylic acids is 6. The molecule has 0 aromatic heterocycles. The molecule has 113 heavy (non-hydrogen) atoms. The Hall–Kier alpha value is -11.2. The van der Waals surface area contributed by atoms with Gasteiger partial charge in [0.05, 0.1) is 6.04 Å². The first kappa shape index (κ1) is 89.0. The van der Waals surface area contributed by atoms with Crippen LogP contribution in [0.1, 0.15) is 38.9 Å². The van der Waals surface area contributed by atoms with E-state index in [-0.39, 0.29) is 51.1 Å². The highest BCUT2D eigenvalue weighted by atomic mass is 32.3. The molecule has 0 aliphatic carbocycles. The van der Waals surface area contributed by atoms with Crippen LogP contribution in [0.3, 0.4) is 0 Å². The fraction of sp³-hybridized carbons (Fsp3) is 0.222. The van der Waals surface area contributed by atoms with Crippen LogP contribution in [-0.2, 0) is 151 Å². The van der Waals surface area contributed by atoms with Gasteiger partial charge in [0.25, 0.3) is 0 Å². The molecule has 16 N–H and O–H groups in total. The molecule has 0 saturated heterocycles. The molecule has 7 aromatic rings. The molecular formula is C63H65N7O36S7. The number of nitrogens with two attached hydrogens (primary N) is 1. The van der Waals surface area contributed by atoms with Gasteiger partial charge in [0, 0.05) is 38.5 Å². The van der Waals surface area contributed by atoms with Crippen molar-refractivity contribution in [3.05, 3.63) is 209 Å². The summed E-state index contributed by atoms with van der Waals surface area (Å²) in [7, 11) is -35.7. The maximum Gasteiger partial charge on any atom is 0.446 e. The fourth-order valence-electron chi connectivity index (χ4n) is 10.3. The minimum Gasteiger partial charge on any atom is -0.480 e. The maximum atomic E-state index is 15.4. The number of rotatable bonds is 41. The molecule has 43 nitrogen and oxygen atoms in total. The standard InChI is InChI=1S/C63H65N7O36S7/c64-50(29-36-1-15-43(16-2-36)100-107(79,80)81)57(71)65-51(30-37-3-17-44(18-4-37)101-108(82,83)84)58(72)66-52(31-38-5-19-45(20-6-38)102-109(85,86)87)59(73)67-53(32-39-7-21-46(22-8-39)103-110(88,89)90)60(74)68-54(33-40-9-23-47(24-10-40)104-111(91,92)93)61(75)69-55(34-41-11-25-48(26-12-41)105-112(94,95)96)62(76)70-56(63(77)78)35-42-13-27-49(28-14-42)106-113(97,98)99/h1-28,50-56H,29-35,64H2,(H,65,71)(H,66,72)(H,67,73)(H,68,74)(H,69,75)(H,70,76)(H,77,78)(H,79,80,81)(H,82,83,84)(H,85,86,87)(H,88,89,90)(H,91,92,93)(H,94,95,96)(H,97,98,99)/t50-,51-,52-,53-,54-,55-,56-/m0/s1. The number of amides is 6. The first-order valence-electron chi connectivity index (χ1n) is 31.5. The van der Waals surface area contributed by atoms with Gasteiger partial charge in [-0.25, -0.2) is 4.79 Å². The van der Waals surface area contributed by atoms with Crippen LogP contribution >= 0.6 is 0 Å². The maximum absolute atomic E-state index is 15.4. The molecule has 7 aromatic carbocycles. The van der Waals surface area contributed by atoms with Crippen LogP contribution in [0, 0.1) is 0 Å². The summed E-state index contributed by atoms with van der Waals surface area (Å²) in [4.78, 5) is 102. The number of nitrogens with one attached hydrogen (secondary N) is 6. The number of aliphatic carboxylic acids is 1. The lowest BCUT2D eigenvalue weighted by molar-refractivity contribution is -0.142. The summed E-state index contributed by atoms with van der Waals surface area (Å²) in [6, 6.07) is 16.7. The molecule has 7 rings (SSSR count). The van der Waals surface area contributed by atoms with Crippen LogP contribution in [-0.4, -0.2) is 180 Å². The van der Waals surface area contributed by atoms with Gasteiger partial charge in [0.15, 0.2) is 0 Å². The zero-order valence-electron chi connectivity index (χ0n) is 57.1. The van der Waals surface area contributed by atoms with Crippen LogP contribution < -0.4 is 66.9 Å². The van der Waals surface area contributed by atoms with Crippen LogP contribution in [0.15, 0.2) is 170 Å². The van der Waals surface area contributed by atoms with Gasteiger partial charge in [-0.3, -0.25) is 60.6 Å². The third-order valence-electron chi connectivity index (χ3n) is 15.1. The number of benzene rings is 7. The van der Waals surface area contributed by atoms with E-state index in [2.05, 4.69) is 61.2 Å². The molecule has 0 aliphatic heterocycles. The molecule has 0 heterocycles. The monoisotopic (exact) mass is 1720 g/mol. The fourth-order valence-corrected chi connectivity index (χ4v) is 12.7. The zero-order chi connectivity index (χ0) is 83.6. The highest BCUT2D eigenvalue weighted by molar-refractivity contribution is 7.82. The van der Waals surface area contributed by atoms with E-state index in [9.17, 15) is 101 Å². The number of hydrogen-bond donors (Lipinski definition) is 15. The summed E-state index contributed by atoms with van der Waals surface area (Å²) in [5, 5.41) is 24.8. The largest absolute Gasteiger partial charge is 0.480 e. The van der Waals surface area contributed by atoms with E-state index < -0.39 is 230 Å². The van der Waals surface area contributed by atoms with Crippen molar-refractivity contribution in [1.82, 2.24) is 31.9 Å². The highest BCUT2D eigenvalue weighted by Crippen LogP contribution is 2.24. The first-order chi connectivity index (χ1) is 52.4. The molecule has 0 saturated carbocycles. The van der Waals surface area contributed by atoms with Gasteiger partial charge in [-0.2, -0.15) is 58.9 Å². The van der Waals surface area contributed by atoms with Crippen molar-refractivity contribution in [1.29, 1.82) is 0 Å². The van der Waals surface area contributed by atoms with E-state index in [4.69, 9.17) is 14.8 Å². The molecule has 50 heteroatoms. The second-order valence-electron chi connectivity index (χ2n) is 23.8. The molecule has 7 atom stereocenters. The Bertz CT molecular complexity index is 5450. The molecule has 610 valence electrons. The van der Waals surface area contributed by atoms with E-state index in [1.165, 1.54) is 24.3 Å².